The highest BCUT2D eigenvalue weighted by atomic mass is 32.2. The highest BCUT2D eigenvalue weighted by Crippen LogP contribution is 2.35. The number of hydrogen-bond donors (Lipinski definition) is 0. The smallest absolute Gasteiger partial charge is 0.311 e. The Bertz CT molecular complexity index is 1460. The first kappa shape index (κ1) is 25.2. The third-order valence-electron chi connectivity index (χ3n) is 6.36. The highest BCUT2D eigenvalue weighted by molar-refractivity contribution is 8.18. The summed E-state index contributed by atoms with van der Waals surface area (Å²) in [4.78, 5) is 52.2. The minimum atomic E-state index is -0.599. The molecule has 5 rings (SSSR count). The van der Waals surface area contributed by atoms with Crippen LogP contribution in [0.5, 0.6) is 5.75 Å². The Labute approximate surface area is 222 Å². The Hall–Kier alpha value is -4.44. The number of carbonyl (C=O) groups excluding carboxylic acids is 3. The number of nitrogens with zero attached hydrogens (tertiary/aromatic N) is 3. The average Bonchev–Trinajstić information content (AvgIpc) is 3.19. The van der Waals surface area contributed by atoms with Crippen molar-refractivity contribution in [3.63, 3.8) is 0 Å². The van der Waals surface area contributed by atoms with Gasteiger partial charge in [-0.1, -0.05) is 60.7 Å². The monoisotopic (exact) mass is 529 g/mol. The van der Waals surface area contributed by atoms with Gasteiger partial charge in [0, 0.05) is 19.2 Å². The summed E-state index contributed by atoms with van der Waals surface area (Å²) in [6.45, 7) is 0.765. The first-order valence-corrected chi connectivity index (χ1v) is 12.8. The zero-order valence-electron chi connectivity index (χ0n) is 20.2. The molecule has 1 fully saturated rings. The minimum Gasteiger partial charge on any atom is -0.482 e. The molecule has 2 aliphatic heterocycles. The summed E-state index contributed by atoms with van der Waals surface area (Å²) in [7, 11) is 0. The molecule has 0 radical (unpaired) electrons. The van der Waals surface area contributed by atoms with Crippen molar-refractivity contribution in [1.29, 1.82) is 0 Å². The van der Waals surface area contributed by atoms with Crippen molar-refractivity contribution >= 4 is 40.6 Å². The van der Waals surface area contributed by atoms with E-state index in [1.54, 1.807) is 11.0 Å². The van der Waals surface area contributed by atoms with E-state index in [0.29, 0.717) is 36.8 Å². The molecule has 0 spiro atoms. The summed E-state index contributed by atoms with van der Waals surface area (Å²) >= 11 is 0.707. The predicted molar refractivity (Wildman–Crippen MR) is 142 cm³/mol. The van der Waals surface area contributed by atoms with Crippen LogP contribution < -0.4 is 4.74 Å². The largest absolute Gasteiger partial charge is 0.482 e. The molecule has 0 atom stereocenters. The van der Waals surface area contributed by atoms with Crippen molar-refractivity contribution in [3.8, 4) is 5.75 Å². The Morgan fingerprint density at radius 2 is 1.76 bits per heavy atom. The molecule has 10 heteroatoms. The van der Waals surface area contributed by atoms with E-state index in [4.69, 9.17) is 4.74 Å². The van der Waals surface area contributed by atoms with Gasteiger partial charge in [-0.05, 0) is 52.6 Å². The number of fused-ring (bicyclic) bond motifs is 1. The molecule has 0 unspecified atom stereocenters. The number of hydrogen-bond acceptors (Lipinski definition) is 7. The molecule has 38 heavy (non-hydrogen) atoms. The number of nitro groups is 1. The Kier molecular flexibility index (Phi) is 7.23. The normalized spacial score (nSPS) is 16.1. The highest BCUT2D eigenvalue weighted by Gasteiger charge is 2.37. The van der Waals surface area contributed by atoms with E-state index < -0.39 is 16.1 Å². The van der Waals surface area contributed by atoms with E-state index in [9.17, 15) is 24.5 Å². The van der Waals surface area contributed by atoms with Gasteiger partial charge in [0.05, 0.1) is 9.83 Å². The predicted octanol–water partition coefficient (Wildman–Crippen LogP) is 4.80. The van der Waals surface area contributed by atoms with Crippen LogP contribution in [0.15, 0.2) is 77.7 Å². The van der Waals surface area contributed by atoms with E-state index in [1.165, 1.54) is 23.8 Å². The van der Waals surface area contributed by atoms with E-state index in [1.807, 2.05) is 54.6 Å². The second kappa shape index (κ2) is 10.9. The van der Waals surface area contributed by atoms with Gasteiger partial charge < -0.3 is 9.64 Å². The van der Waals surface area contributed by atoms with Gasteiger partial charge in [0.15, 0.2) is 5.75 Å². The lowest BCUT2D eigenvalue weighted by atomic mass is 10.00. The molecule has 0 aromatic heterocycles. The molecule has 9 nitrogen and oxygen atoms in total. The molecule has 1 saturated heterocycles. The molecule has 3 aromatic rings. The van der Waals surface area contributed by atoms with Crippen LogP contribution >= 0.6 is 11.8 Å². The van der Waals surface area contributed by atoms with Gasteiger partial charge in [0.25, 0.3) is 11.1 Å². The van der Waals surface area contributed by atoms with Crippen LogP contribution in [0.25, 0.3) is 6.08 Å². The third-order valence-corrected chi connectivity index (χ3v) is 7.27. The number of carbonyl (C=O) groups is 3. The first-order chi connectivity index (χ1) is 18.4. The Morgan fingerprint density at radius 3 is 2.53 bits per heavy atom. The minimum absolute atomic E-state index is 0.0952. The van der Waals surface area contributed by atoms with Crippen LogP contribution in [-0.4, -0.2) is 44.9 Å². The number of thioether (sulfide) groups is 1. The maximum absolute atomic E-state index is 13.0. The summed E-state index contributed by atoms with van der Waals surface area (Å²) in [6, 6.07) is 21.5. The molecule has 0 saturated carbocycles. The Morgan fingerprint density at radius 1 is 1.03 bits per heavy atom. The van der Waals surface area contributed by atoms with Gasteiger partial charge in [0.2, 0.25) is 5.91 Å². The lowest BCUT2D eigenvalue weighted by Crippen LogP contribution is -2.44. The van der Waals surface area contributed by atoms with Gasteiger partial charge >= 0.3 is 5.69 Å². The topological polar surface area (TPSA) is 110 Å². The lowest BCUT2D eigenvalue weighted by molar-refractivity contribution is -0.386. The average molecular weight is 530 g/mol. The van der Waals surface area contributed by atoms with Gasteiger partial charge in [-0.2, -0.15) is 0 Å². The summed E-state index contributed by atoms with van der Waals surface area (Å²) in [5.74, 6) is -0.811. The summed E-state index contributed by atoms with van der Waals surface area (Å²) in [5, 5.41) is 11.1. The standard InChI is InChI=1S/C28H23N3O6S/c32-26(29-13-12-21-8-4-5-9-22(21)16-29)17-30-27(33)25(38-28(30)34)15-20-10-11-24(23(14-20)31(35)36)37-18-19-6-2-1-3-7-19/h1-11,14-15H,12-13,16-18H2/b25-15-. The number of ether oxygens (including phenoxy) is 1. The zero-order chi connectivity index (χ0) is 26.6. The van der Waals surface area contributed by atoms with Crippen LogP contribution in [0.2, 0.25) is 0 Å². The fourth-order valence-electron chi connectivity index (χ4n) is 4.36. The molecule has 2 heterocycles. The van der Waals surface area contributed by atoms with Crippen molar-refractivity contribution in [3.05, 3.63) is 110 Å². The number of imide groups is 1. The van der Waals surface area contributed by atoms with Crippen molar-refractivity contribution in [1.82, 2.24) is 9.80 Å². The fourth-order valence-corrected chi connectivity index (χ4v) is 5.19. The molecule has 0 N–H and O–H groups in total. The lowest BCUT2D eigenvalue weighted by Gasteiger charge is -2.29. The number of amides is 3. The number of rotatable bonds is 7. The SMILES string of the molecule is O=C(CN1C(=O)S/C(=C\c2ccc(OCc3ccccc3)c([N+](=O)[O-])c2)C1=O)N1CCc2ccccc2C1. The van der Waals surface area contributed by atoms with E-state index in [-0.39, 0.29) is 35.4 Å². The van der Waals surface area contributed by atoms with E-state index >= 15 is 0 Å². The number of nitro benzene ring substituents is 1. The third kappa shape index (κ3) is 5.45. The Balaban J connectivity index is 1.27. The van der Waals surface area contributed by atoms with Crippen molar-refractivity contribution in [2.24, 2.45) is 0 Å². The van der Waals surface area contributed by atoms with Crippen molar-refractivity contribution < 1.29 is 24.0 Å². The maximum Gasteiger partial charge on any atom is 0.311 e. The van der Waals surface area contributed by atoms with Crippen molar-refractivity contribution in [2.45, 2.75) is 19.6 Å². The van der Waals surface area contributed by atoms with Crippen LogP contribution in [0, 0.1) is 10.1 Å². The van der Waals surface area contributed by atoms with E-state index in [0.717, 1.165) is 16.0 Å². The summed E-state index contributed by atoms with van der Waals surface area (Å²) < 4.78 is 5.65. The van der Waals surface area contributed by atoms with Crippen LogP contribution in [0.1, 0.15) is 22.3 Å². The van der Waals surface area contributed by atoms with Gasteiger partial charge in [-0.15, -0.1) is 0 Å². The second-order valence-electron chi connectivity index (χ2n) is 8.86. The maximum atomic E-state index is 13.0. The van der Waals surface area contributed by atoms with Crippen LogP contribution in [0.3, 0.4) is 0 Å². The molecule has 3 amide bonds. The molecule has 0 bridgehead atoms. The molecule has 0 aliphatic carbocycles. The van der Waals surface area contributed by atoms with Gasteiger partial charge in [0.1, 0.15) is 13.2 Å². The first-order valence-electron chi connectivity index (χ1n) is 11.9. The molecular weight excluding hydrogens is 506 g/mol. The quantitative estimate of drug-likeness (QED) is 0.246. The van der Waals surface area contributed by atoms with Crippen molar-refractivity contribution in [2.75, 3.05) is 13.1 Å². The molecule has 3 aromatic carbocycles. The molecule has 2 aliphatic rings. The summed E-state index contributed by atoms with van der Waals surface area (Å²) in [5.41, 5.74) is 3.22. The fraction of sp³-hybridized carbons (Fsp3) is 0.179. The van der Waals surface area contributed by atoms with Crippen LogP contribution in [0.4, 0.5) is 10.5 Å². The van der Waals surface area contributed by atoms with Gasteiger partial charge in [-0.25, -0.2) is 0 Å². The zero-order valence-corrected chi connectivity index (χ0v) is 21.1. The molecular formula is C28H23N3O6S. The van der Waals surface area contributed by atoms with Crippen LogP contribution in [-0.2, 0) is 29.2 Å². The molecule has 192 valence electrons. The van der Waals surface area contributed by atoms with Gasteiger partial charge in [-0.3, -0.25) is 29.4 Å². The second-order valence-corrected chi connectivity index (χ2v) is 9.85. The number of benzene rings is 3. The summed E-state index contributed by atoms with van der Waals surface area (Å²) in [6.07, 6.45) is 2.13. The van der Waals surface area contributed by atoms with E-state index in [2.05, 4.69) is 0 Å².